The van der Waals surface area contributed by atoms with Crippen LogP contribution < -0.4 is 5.32 Å². The third-order valence-corrected chi connectivity index (χ3v) is 13.1. The van der Waals surface area contributed by atoms with Gasteiger partial charge < -0.3 is 5.32 Å². The molecule has 0 atom stereocenters. The first-order valence-corrected chi connectivity index (χ1v) is 25.9. The van der Waals surface area contributed by atoms with Crippen LogP contribution in [0.1, 0.15) is 33.9 Å². The highest BCUT2D eigenvalue weighted by Crippen LogP contribution is 2.33. The number of hydrogen-bond donors (Lipinski definition) is 4. The molecule has 0 amide bonds. The molecule has 8 rings (SSSR count). The average Bonchev–Trinajstić information content (AvgIpc) is 3.35. The van der Waals surface area contributed by atoms with Gasteiger partial charge in [-0.3, -0.25) is 13.7 Å². The first kappa shape index (κ1) is 50.9. The molecule has 0 unspecified atom stereocenters. The molecule has 21 nitrogen and oxygen atoms in total. The monoisotopic (exact) mass is 1040 g/mol. The minimum atomic E-state index is -4.72. The first-order valence-electron chi connectivity index (χ1n) is 21.6. The molecule has 0 spiro atoms. The molecule has 8 aromatic rings. The zero-order valence-corrected chi connectivity index (χ0v) is 40.8. The summed E-state index contributed by atoms with van der Waals surface area (Å²) in [6, 6.07) is 41.4. The fourth-order valence-corrected chi connectivity index (χ4v) is 8.44. The molecule has 7 aromatic carbocycles. The highest BCUT2D eigenvalue weighted by Gasteiger charge is 2.18. The SMILES string of the molecule is Cc1cc(Cc2nc(Cc3ccc(N=Nc4ccc(N=Nc5ccccc5)cc4S(=O)(=O)O)c(C)c3)nc(Nc3ccc(S(=O)(=O)O)cc3)n2)ccc1N=Nc1ccc(N=Nc2ccc(S(=O)(=O)O)cc2)cc1. The van der Waals surface area contributed by atoms with E-state index in [9.17, 15) is 34.4 Å². The third kappa shape index (κ3) is 14.1. The van der Waals surface area contributed by atoms with Crippen LogP contribution in [0.3, 0.4) is 0 Å². The molecule has 73 heavy (non-hydrogen) atoms. The summed E-state index contributed by atoms with van der Waals surface area (Å²) in [5.74, 6) is 0.975. The highest BCUT2D eigenvalue weighted by atomic mass is 32.2. The summed E-state index contributed by atoms with van der Waals surface area (Å²) in [4.78, 5) is 13.1. The highest BCUT2D eigenvalue weighted by molar-refractivity contribution is 7.86. The molecule has 0 aliphatic rings. The van der Waals surface area contributed by atoms with Crippen molar-refractivity contribution in [2.45, 2.75) is 41.4 Å². The van der Waals surface area contributed by atoms with E-state index in [0.29, 0.717) is 57.0 Å². The minimum Gasteiger partial charge on any atom is -0.324 e. The number of aryl methyl sites for hydroxylation is 2. The molecule has 1 heterocycles. The maximum Gasteiger partial charge on any atom is 0.296 e. The van der Waals surface area contributed by atoms with E-state index in [-0.39, 0.29) is 40.0 Å². The molecule has 0 saturated heterocycles. The quantitative estimate of drug-likeness (QED) is 0.0487. The Hall–Kier alpha value is -8.52. The summed E-state index contributed by atoms with van der Waals surface area (Å²) in [6.45, 7) is 3.69. The van der Waals surface area contributed by atoms with Gasteiger partial charge in [-0.2, -0.15) is 71.0 Å². The van der Waals surface area contributed by atoms with Gasteiger partial charge >= 0.3 is 0 Å². The van der Waals surface area contributed by atoms with Crippen molar-refractivity contribution in [3.63, 3.8) is 0 Å². The second kappa shape index (κ2) is 21.9. The van der Waals surface area contributed by atoms with Crippen LogP contribution >= 0.6 is 0 Å². The molecular formula is C49H40N12O9S3. The number of aromatic nitrogens is 3. The van der Waals surface area contributed by atoms with Gasteiger partial charge in [-0.25, -0.2) is 4.98 Å². The lowest BCUT2D eigenvalue weighted by Gasteiger charge is -2.11. The van der Waals surface area contributed by atoms with Crippen molar-refractivity contribution in [2.24, 2.45) is 40.9 Å². The first-order chi connectivity index (χ1) is 34.8. The van der Waals surface area contributed by atoms with Crippen LogP contribution in [-0.2, 0) is 43.2 Å². The van der Waals surface area contributed by atoms with Gasteiger partial charge in [-0.15, -0.1) is 5.11 Å². The molecular weight excluding hydrogens is 997 g/mol. The largest absolute Gasteiger partial charge is 0.324 e. The zero-order chi connectivity index (χ0) is 51.8. The van der Waals surface area contributed by atoms with Crippen LogP contribution in [0.15, 0.2) is 213 Å². The molecule has 368 valence electrons. The molecule has 0 aliphatic heterocycles. The van der Waals surface area contributed by atoms with Crippen LogP contribution in [0.2, 0.25) is 0 Å². The lowest BCUT2D eigenvalue weighted by molar-refractivity contribution is 0.481. The number of nitrogens with zero attached hydrogens (tertiary/aromatic N) is 11. The Balaban J connectivity index is 0.983. The van der Waals surface area contributed by atoms with Crippen molar-refractivity contribution in [2.75, 3.05) is 5.32 Å². The van der Waals surface area contributed by atoms with Gasteiger partial charge in [0.05, 0.1) is 49.6 Å². The average molecular weight is 1040 g/mol. The van der Waals surface area contributed by atoms with E-state index in [0.717, 1.165) is 22.8 Å². The molecule has 4 N–H and O–H groups in total. The summed E-state index contributed by atoms with van der Waals surface area (Å²) in [7, 11) is -13.5. The lowest BCUT2D eigenvalue weighted by atomic mass is 10.1. The van der Waals surface area contributed by atoms with Crippen molar-refractivity contribution < 1.29 is 38.9 Å². The summed E-state index contributed by atoms with van der Waals surface area (Å²) in [5.41, 5.74) is 6.72. The Morgan fingerprint density at radius 1 is 0.411 bits per heavy atom. The van der Waals surface area contributed by atoms with E-state index in [4.69, 9.17) is 9.54 Å². The van der Waals surface area contributed by atoms with E-state index < -0.39 is 35.2 Å². The Morgan fingerprint density at radius 3 is 1.29 bits per heavy atom. The van der Waals surface area contributed by atoms with Gasteiger partial charge in [0.15, 0.2) is 0 Å². The predicted octanol–water partition coefficient (Wildman–Crippen LogP) is 12.8. The molecule has 0 bridgehead atoms. The Kier molecular flexibility index (Phi) is 15.2. The molecule has 1 aromatic heterocycles. The standard InChI is InChI=1S/C49H40N12O9S3/c1-31-26-33(8-23-43(31)59-57-38-12-10-37(11-13-38)55-56-39-16-21-42(22-17-39)72(65,66)67)28-47-51-48(53-49(52-47)50-35-14-19-41(20-15-35)71(62,63)64)29-34-9-24-44(32(2)27-34)60-61-45-25-18-40(30-46(45)73(68,69)70)58-54-36-6-4-3-5-7-36/h3-27,30H,28-29H2,1-2H3,(H,62,63,64)(H,65,66,67)(H,68,69,70)(H,50,51,52,53). The maximum absolute atomic E-state index is 12.4. The number of azo groups is 4. The number of hydrogen-bond acceptors (Lipinski definition) is 18. The van der Waals surface area contributed by atoms with Gasteiger partial charge in [-0.1, -0.05) is 42.5 Å². The molecule has 24 heteroatoms. The Bertz CT molecular complexity index is 3810. The fourth-order valence-electron chi connectivity index (χ4n) is 6.84. The zero-order valence-electron chi connectivity index (χ0n) is 38.4. The van der Waals surface area contributed by atoms with Crippen LogP contribution in [0.4, 0.5) is 57.1 Å². The van der Waals surface area contributed by atoms with Crippen molar-refractivity contribution in [1.29, 1.82) is 0 Å². The van der Waals surface area contributed by atoms with Crippen molar-refractivity contribution >= 4 is 87.5 Å². The molecule has 0 radical (unpaired) electrons. The van der Waals surface area contributed by atoms with Crippen molar-refractivity contribution in [1.82, 2.24) is 15.0 Å². The topological polar surface area (TPSA) is 313 Å². The molecule has 0 aliphatic carbocycles. The number of benzene rings is 7. The number of anilines is 2. The summed E-state index contributed by atoms with van der Waals surface area (Å²) < 4.78 is 99.3. The van der Waals surface area contributed by atoms with Crippen molar-refractivity contribution in [3.05, 3.63) is 192 Å². The normalized spacial score (nSPS) is 12.4. The Labute approximate surface area is 418 Å². The van der Waals surface area contributed by atoms with E-state index >= 15 is 0 Å². The number of rotatable bonds is 17. The van der Waals surface area contributed by atoms with E-state index in [2.05, 4.69) is 56.2 Å². The van der Waals surface area contributed by atoms with Gasteiger partial charge in [0.25, 0.3) is 30.4 Å². The summed E-state index contributed by atoms with van der Waals surface area (Å²) >= 11 is 0. The third-order valence-electron chi connectivity index (χ3n) is 10.4. The predicted molar refractivity (Wildman–Crippen MR) is 269 cm³/mol. The maximum atomic E-state index is 12.4. The lowest BCUT2D eigenvalue weighted by Crippen LogP contribution is -2.09. The van der Waals surface area contributed by atoms with Gasteiger partial charge in [0, 0.05) is 18.5 Å². The van der Waals surface area contributed by atoms with Crippen LogP contribution in [0, 0.1) is 13.8 Å². The summed E-state index contributed by atoms with van der Waals surface area (Å²) in [5, 5.41) is 36.7. The fraction of sp³-hybridized carbons (Fsp3) is 0.0816. The van der Waals surface area contributed by atoms with Gasteiger partial charge in [-0.05, 0) is 151 Å². The Morgan fingerprint density at radius 2 is 0.808 bits per heavy atom. The minimum absolute atomic E-state index is 0.108. The van der Waals surface area contributed by atoms with E-state index in [1.807, 2.05) is 37.3 Å². The van der Waals surface area contributed by atoms with Crippen LogP contribution in [0.5, 0.6) is 0 Å². The molecule has 0 saturated carbocycles. The van der Waals surface area contributed by atoms with E-state index in [1.165, 1.54) is 60.7 Å². The second-order valence-electron chi connectivity index (χ2n) is 16.0. The van der Waals surface area contributed by atoms with E-state index in [1.54, 1.807) is 67.6 Å². The van der Waals surface area contributed by atoms with Crippen LogP contribution in [-0.4, -0.2) is 53.9 Å². The molecule has 0 fully saturated rings. The second-order valence-corrected chi connectivity index (χ2v) is 20.2. The number of nitrogens with one attached hydrogen (secondary N) is 1. The summed E-state index contributed by atoms with van der Waals surface area (Å²) in [6.07, 6.45) is 0.525. The smallest absolute Gasteiger partial charge is 0.296 e. The van der Waals surface area contributed by atoms with Gasteiger partial charge in [0.2, 0.25) is 5.95 Å². The van der Waals surface area contributed by atoms with Crippen molar-refractivity contribution in [3.8, 4) is 0 Å². The van der Waals surface area contributed by atoms with Gasteiger partial charge in [0.1, 0.15) is 22.2 Å². The van der Waals surface area contributed by atoms with Crippen LogP contribution in [0.25, 0.3) is 0 Å².